The fourth-order valence-electron chi connectivity index (χ4n) is 2.28. The second kappa shape index (κ2) is 8.83. The molecule has 27 heavy (non-hydrogen) atoms. The number of halogens is 1. The summed E-state index contributed by atoms with van der Waals surface area (Å²) in [6, 6.07) is 8.60. The van der Waals surface area contributed by atoms with Crippen molar-refractivity contribution in [2.75, 3.05) is 20.8 Å². The van der Waals surface area contributed by atoms with E-state index in [0.717, 1.165) is 17.7 Å². The van der Waals surface area contributed by atoms with Crippen LogP contribution in [0.1, 0.15) is 11.1 Å². The van der Waals surface area contributed by atoms with Crippen LogP contribution >= 0.6 is 0 Å². The van der Waals surface area contributed by atoms with Crippen LogP contribution in [0.25, 0.3) is 0 Å². The van der Waals surface area contributed by atoms with Crippen molar-refractivity contribution in [3.63, 3.8) is 0 Å². The molecule has 0 atom stereocenters. The van der Waals surface area contributed by atoms with E-state index in [2.05, 4.69) is 10.0 Å². The third-order valence-corrected chi connectivity index (χ3v) is 5.20. The molecule has 146 valence electrons. The zero-order valence-corrected chi connectivity index (χ0v) is 16.0. The van der Waals surface area contributed by atoms with Gasteiger partial charge in [0.25, 0.3) is 0 Å². The Morgan fingerprint density at radius 3 is 2.41 bits per heavy atom. The maximum Gasteiger partial charge on any atom is 0.241 e. The van der Waals surface area contributed by atoms with E-state index in [-0.39, 0.29) is 17.0 Å². The lowest BCUT2D eigenvalue weighted by Crippen LogP contribution is -2.36. The molecule has 9 heteroatoms. The first kappa shape index (κ1) is 20.7. The molecule has 0 aromatic heterocycles. The normalized spacial score (nSPS) is 11.1. The van der Waals surface area contributed by atoms with Crippen LogP contribution in [0.15, 0.2) is 41.3 Å². The average Bonchev–Trinajstić information content (AvgIpc) is 2.66. The highest BCUT2D eigenvalue weighted by atomic mass is 32.2. The number of amides is 1. The van der Waals surface area contributed by atoms with Crippen LogP contribution in [0.3, 0.4) is 0 Å². The Bertz CT molecular complexity index is 931. The molecule has 2 aromatic carbocycles. The Morgan fingerprint density at radius 2 is 1.78 bits per heavy atom. The summed E-state index contributed by atoms with van der Waals surface area (Å²) in [4.78, 5) is 11.8. The van der Waals surface area contributed by atoms with Crippen molar-refractivity contribution in [2.24, 2.45) is 0 Å². The maximum absolute atomic E-state index is 13.3. The number of methoxy groups -OCH3 is 2. The first-order valence-corrected chi connectivity index (χ1v) is 9.48. The van der Waals surface area contributed by atoms with E-state index in [1.54, 1.807) is 18.2 Å². The minimum Gasteiger partial charge on any atom is -0.493 e. The molecule has 7 nitrogen and oxygen atoms in total. The van der Waals surface area contributed by atoms with E-state index < -0.39 is 28.3 Å². The van der Waals surface area contributed by atoms with Crippen LogP contribution in [-0.2, 0) is 21.4 Å². The van der Waals surface area contributed by atoms with Crippen LogP contribution in [0, 0.1) is 12.7 Å². The number of hydrogen-bond donors (Lipinski definition) is 2. The fourth-order valence-corrected chi connectivity index (χ4v) is 3.35. The van der Waals surface area contributed by atoms with Gasteiger partial charge in [0.05, 0.1) is 25.7 Å². The molecule has 2 rings (SSSR count). The number of nitrogens with one attached hydrogen (secondary N) is 2. The smallest absolute Gasteiger partial charge is 0.241 e. The van der Waals surface area contributed by atoms with Crippen molar-refractivity contribution in [1.29, 1.82) is 0 Å². The van der Waals surface area contributed by atoms with Crippen LogP contribution in [0.4, 0.5) is 4.39 Å². The molecule has 0 unspecified atom stereocenters. The monoisotopic (exact) mass is 396 g/mol. The summed E-state index contributed by atoms with van der Waals surface area (Å²) in [5.74, 6) is 0.0837. The molecule has 0 saturated heterocycles. The number of ether oxygens (including phenoxy) is 2. The molecule has 0 saturated carbocycles. The molecular formula is C18H21FN2O5S. The number of aryl methyl sites for hydroxylation is 1. The number of sulfonamides is 1. The van der Waals surface area contributed by atoms with Crippen molar-refractivity contribution >= 4 is 15.9 Å². The van der Waals surface area contributed by atoms with E-state index >= 15 is 0 Å². The number of carbonyl (C=O) groups excluding carboxylic acids is 1. The molecule has 2 N–H and O–H groups in total. The van der Waals surface area contributed by atoms with Crippen LogP contribution in [0.5, 0.6) is 11.5 Å². The summed E-state index contributed by atoms with van der Waals surface area (Å²) in [5, 5.41) is 2.61. The van der Waals surface area contributed by atoms with Gasteiger partial charge in [-0.2, -0.15) is 0 Å². The molecule has 0 heterocycles. The summed E-state index contributed by atoms with van der Waals surface area (Å²) >= 11 is 0. The highest BCUT2D eigenvalue weighted by Crippen LogP contribution is 2.27. The van der Waals surface area contributed by atoms with E-state index in [9.17, 15) is 17.6 Å². The first-order valence-electron chi connectivity index (χ1n) is 8.00. The van der Waals surface area contributed by atoms with Gasteiger partial charge in [0.2, 0.25) is 15.9 Å². The summed E-state index contributed by atoms with van der Waals surface area (Å²) in [6.45, 7) is 1.22. The molecule has 0 spiro atoms. The third kappa shape index (κ3) is 5.41. The lowest BCUT2D eigenvalue weighted by molar-refractivity contribution is -0.120. The van der Waals surface area contributed by atoms with Crippen molar-refractivity contribution < 1.29 is 27.1 Å². The van der Waals surface area contributed by atoms with Gasteiger partial charge in [-0.3, -0.25) is 4.79 Å². The van der Waals surface area contributed by atoms with Gasteiger partial charge in [0, 0.05) is 6.54 Å². The fraction of sp³-hybridized carbons (Fsp3) is 0.278. The predicted molar refractivity (Wildman–Crippen MR) is 97.7 cm³/mol. The Hall–Kier alpha value is -2.65. The average molecular weight is 396 g/mol. The molecule has 1 amide bonds. The zero-order chi connectivity index (χ0) is 20.0. The topological polar surface area (TPSA) is 93.7 Å². The molecule has 0 radical (unpaired) electrons. The van der Waals surface area contributed by atoms with Gasteiger partial charge in [-0.05, 0) is 48.4 Å². The molecule has 0 aliphatic carbocycles. The summed E-state index contributed by atoms with van der Waals surface area (Å²) in [5.41, 5.74) is 0.966. The second-order valence-corrected chi connectivity index (χ2v) is 7.47. The molecule has 0 bridgehead atoms. The zero-order valence-electron chi connectivity index (χ0n) is 15.2. The highest BCUT2D eigenvalue weighted by molar-refractivity contribution is 7.89. The van der Waals surface area contributed by atoms with E-state index in [4.69, 9.17) is 9.47 Å². The maximum atomic E-state index is 13.3. The van der Waals surface area contributed by atoms with Crippen molar-refractivity contribution in [1.82, 2.24) is 10.0 Å². The van der Waals surface area contributed by atoms with Crippen molar-refractivity contribution in [3.8, 4) is 11.5 Å². The van der Waals surface area contributed by atoms with Crippen LogP contribution in [0.2, 0.25) is 0 Å². The third-order valence-electron chi connectivity index (χ3n) is 3.80. The van der Waals surface area contributed by atoms with Gasteiger partial charge in [0.1, 0.15) is 5.82 Å². The van der Waals surface area contributed by atoms with Gasteiger partial charge in [-0.25, -0.2) is 17.5 Å². The highest BCUT2D eigenvalue weighted by Gasteiger charge is 2.16. The molecule has 0 aliphatic heterocycles. The quantitative estimate of drug-likeness (QED) is 0.709. The van der Waals surface area contributed by atoms with Crippen molar-refractivity contribution in [2.45, 2.75) is 18.4 Å². The molecule has 0 fully saturated rings. The number of carbonyl (C=O) groups is 1. The molecule has 0 aliphatic rings. The summed E-state index contributed by atoms with van der Waals surface area (Å²) < 4.78 is 50.2. The van der Waals surface area contributed by atoms with Gasteiger partial charge < -0.3 is 14.8 Å². The second-order valence-electron chi connectivity index (χ2n) is 5.70. The summed E-state index contributed by atoms with van der Waals surface area (Å²) in [7, 11) is -0.883. The predicted octanol–water partition coefficient (Wildman–Crippen LogP) is 1.75. The van der Waals surface area contributed by atoms with Crippen molar-refractivity contribution in [3.05, 3.63) is 53.3 Å². The largest absolute Gasteiger partial charge is 0.493 e. The first-order chi connectivity index (χ1) is 12.8. The minimum absolute atomic E-state index is 0.103. The number of rotatable bonds is 8. The van der Waals surface area contributed by atoms with Gasteiger partial charge in [-0.15, -0.1) is 0 Å². The van der Waals surface area contributed by atoms with Crippen LogP contribution in [-0.4, -0.2) is 35.1 Å². The van der Waals surface area contributed by atoms with Gasteiger partial charge in [0.15, 0.2) is 11.5 Å². The minimum atomic E-state index is -3.91. The Kier molecular flexibility index (Phi) is 6.75. The Balaban J connectivity index is 1.93. The number of hydrogen-bond acceptors (Lipinski definition) is 5. The Morgan fingerprint density at radius 1 is 1.07 bits per heavy atom. The lowest BCUT2D eigenvalue weighted by atomic mass is 10.2. The Labute approximate surface area is 157 Å². The summed E-state index contributed by atoms with van der Waals surface area (Å²) in [6.07, 6.45) is 0. The van der Waals surface area contributed by atoms with E-state index in [1.807, 2.05) is 0 Å². The molecule has 2 aromatic rings. The molecular weight excluding hydrogens is 375 g/mol. The van der Waals surface area contributed by atoms with E-state index in [0.29, 0.717) is 11.5 Å². The lowest BCUT2D eigenvalue weighted by Gasteiger charge is -2.11. The standard InChI is InChI=1S/C18H21FN2O5S/c1-12-8-14(5-6-15(12)19)27(23,24)21-11-18(22)20-10-13-4-7-16(25-2)17(9-13)26-3/h4-9,21H,10-11H2,1-3H3,(H,20,22). The van der Waals surface area contributed by atoms with Gasteiger partial charge in [-0.1, -0.05) is 6.07 Å². The number of benzene rings is 2. The SMILES string of the molecule is COc1ccc(CNC(=O)CNS(=O)(=O)c2ccc(F)c(C)c2)cc1OC. The van der Waals surface area contributed by atoms with Gasteiger partial charge >= 0.3 is 0 Å². The van der Waals surface area contributed by atoms with Crippen LogP contribution < -0.4 is 19.5 Å². The van der Waals surface area contributed by atoms with E-state index in [1.165, 1.54) is 27.2 Å².